The van der Waals surface area contributed by atoms with Crippen LogP contribution in [0, 0.1) is 12.8 Å². The van der Waals surface area contributed by atoms with Gasteiger partial charge in [0, 0.05) is 42.0 Å². The second-order valence-electron chi connectivity index (χ2n) is 12.9. The van der Waals surface area contributed by atoms with Crippen molar-refractivity contribution in [1.82, 2.24) is 4.90 Å². The van der Waals surface area contributed by atoms with Crippen LogP contribution in [0.25, 0.3) is 5.57 Å². The lowest BCUT2D eigenvalue weighted by molar-refractivity contribution is 0.378. The second kappa shape index (κ2) is 14.8. The maximum atomic E-state index is 4.81. The first-order valence-corrected chi connectivity index (χ1v) is 16.8. The first-order valence-electron chi connectivity index (χ1n) is 16.8. The molecule has 0 spiro atoms. The molecule has 2 nitrogen and oxygen atoms in total. The SMILES string of the molecule is C=C(CCCC1CNc2ccccc21)N(CC1=C2CC=CC=C2CC=C1)/C(=C(\C)CC)[C@H](C)C/C(=C/C)c1ccccc1C. The van der Waals surface area contributed by atoms with Gasteiger partial charge in [-0.1, -0.05) is 105 Å². The number of allylic oxidation sites excluding steroid dienone is 11. The van der Waals surface area contributed by atoms with Gasteiger partial charge in [-0.15, -0.1) is 0 Å². The molecule has 2 aromatic rings. The highest BCUT2D eigenvalue weighted by Crippen LogP contribution is 2.39. The van der Waals surface area contributed by atoms with E-state index in [1.165, 1.54) is 68.1 Å². The quantitative estimate of drug-likeness (QED) is 0.252. The predicted molar refractivity (Wildman–Crippen MR) is 192 cm³/mol. The molecular formula is C42H52N2. The fraction of sp³-hybridized carbons (Fsp3) is 0.381. The molecule has 2 atom stereocenters. The highest BCUT2D eigenvalue weighted by Gasteiger charge is 2.26. The third-order valence-electron chi connectivity index (χ3n) is 9.95. The van der Waals surface area contributed by atoms with E-state index in [4.69, 9.17) is 6.58 Å². The average Bonchev–Trinajstić information content (AvgIpc) is 3.46. The van der Waals surface area contributed by atoms with Gasteiger partial charge in [-0.2, -0.15) is 0 Å². The number of rotatable bonds is 13. The number of hydrogen-bond donors (Lipinski definition) is 1. The van der Waals surface area contributed by atoms with Crippen LogP contribution in [0.3, 0.4) is 0 Å². The molecule has 2 aliphatic carbocycles. The van der Waals surface area contributed by atoms with Gasteiger partial charge in [0.05, 0.1) is 0 Å². The molecule has 1 unspecified atom stereocenters. The van der Waals surface area contributed by atoms with Crippen molar-refractivity contribution in [2.75, 3.05) is 18.4 Å². The number of nitrogens with one attached hydrogen (secondary N) is 1. The van der Waals surface area contributed by atoms with Gasteiger partial charge in [0.15, 0.2) is 0 Å². The minimum absolute atomic E-state index is 0.364. The molecule has 3 aliphatic rings. The standard InChI is InChI=1S/C42H52N2/c1-7-30(3)42(32(5)27-34(8-2)38-23-11-9-17-31(38)4)44(29-37-22-16-20-35-19-10-12-24-39(35)37)33(6)18-15-21-36-28-43-41-26-14-13-25-40(36)41/h8-14,16-17,19,22-23,25-26,32,36,43H,6-7,15,18,20-21,24,27-29H2,1-5H3/b34-8-,42-30+/t32-,36?/m1/s1. The van der Waals surface area contributed by atoms with Crippen LogP contribution >= 0.6 is 0 Å². The Bertz CT molecular complexity index is 1540. The summed E-state index contributed by atoms with van der Waals surface area (Å²) in [6.07, 6.45) is 21.4. The summed E-state index contributed by atoms with van der Waals surface area (Å²) in [6, 6.07) is 17.7. The number of anilines is 1. The smallest absolute Gasteiger partial charge is 0.0478 e. The molecule has 2 heteroatoms. The first kappa shape index (κ1) is 31.6. The summed E-state index contributed by atoms with van der Waals surface area (Å²) in [5, 5.41) is 3.62. The van der Waals surface area contributed by atoms with Crippen molar-refractivity contribution in [3.05, 3.63) is 142 Å². The van der Waals surface area contributed by atoms with Crippen molar-refractivity contribution >= 4 is 11.3 Å². The van der Waals surface area contributed by atoms with Crippen molar-refractivity contribution < 1.29 is 0 Å². The molecule has 5 rings (SSSR count). The average molecular weight is 585 g/mol. The molecule has 0 bridgehead atoms. The third kappa shape index (κ3) is 7.12. The molecule has 0 aromatic heterocycles. The Morgan fingerprint density at radius 3 is 2.68 bits per heavy atom. The van der Waals surface area contributed by atoms with Gasteiger partial charge in [0.1, 0.15) is 0 Å². The molecule has 2 aromatic carbocycles. The van der Waals surface area contributed by atoms with Gasteiger partial charge in [0.25, 0.3) is 0 Å². The third-order valence-corrected chi connectivity index (χ3v) is 9.95. The van der Waals surface area contributed by atoms with E-state index >= 15 is 0 Å². The van der Waals surface area contributed by atoms with E-state index in [0.717, 1.165) is 51.6 Å². The van der Waals surface area contributed by atoms with E-state index in [0.29, 0.717) is 11.8 Å². The number of hydrogen-bond acceptors (Lipinski definition) is 2. The molecule has 44 heavy (non-hydrogen) atoms. The van der Waals surface area contributed by atoms with E-state index in [1.807, 2.05) is 0 Å². The van der Waals surface area contributed by atoms with E-state index in [1.54, 1.807) is 0 Å². The highest BCUT2D eigenvalue weighted by atomic mass is 15.2. The summed E-state index contributed by atoms with van der Waals surface area (Å²) < 4.78 is 0. The molecule has 1 heterocycles. The van der Waals surface area contributed by atoms with E-state index in [9.17, 15) is 0 Å². The Labute approximate surface area is 267 Å². The van der Waals surface area contributed by atoms with Crippen LogP contribution in [-0.4, -0.2) is 18.0 Å². The predicted octanol–water partition coefficient (Wildman–Crippen LogP) is 11.4. The summed E-state index contributed by atoms with van der Waals surface area (Å²) in [7, 11) is 0. The molecule has 0 radical (unpaired) electrons. The van der Waals surface area contributed by atoms with Crippen molar-refractivity contribution in [3.8, 4) is 0 Å². The van der Waals surface area contributed by atoms with E-state index in [-0.39, 0.29) is 0 Å². The maximum Gasteiger partial charge on any atom is 0.0478 e. The molecule has 230 valence electrons. The summed E-state index contributed by atoms with van der Waals surface area (Å²) >= 11 is 0. The van der Waals surface area contributed by atoms with E-state index < -0.39 is 0 Å². The lowest BCUT2D eigenvalue weighted by atomic mass is 9.85. The molecule has 1 N–H and O–H groups in total. The maximum absolute atomic E-state index is 4.81. The second-order valence-corrected chi connectivity index (χ2v) is 12.9. The highest BCUT2D eigenvalue weighted by molar-refractivity contribution is 5.68. The first-order chi connectivity index (χ1) is 21.4. The zero-order valence-corrected chi connectivity index (χ0v) is 27.8. The number of benzene rings is 2. The Kier molecular flexibility index (Phi) is 10.6. The fourth-order valence-corrected chi connectivity index (χ4v) is 7.39. The van der Waals surface area contributed by atoms with E-state index in [2.05, 4.69) is 130 Å². The lowest BCUT2D eigenvalue weighted by Gasteiger charge is -2.37. The van der Waals surface area contributed by atoms with Gasteiger partial charge in [-0.05, 0) is 111 Å². The van der Waals surface area contributed by atoms with Gasteiger partial charge >= 0.3 is 0 Å². The zero-order valence-electron chi connectivity index (χ0n) is 27.8. The Balaban J connectivity index is 1.42. The molecule has 1 aliphatic heterocycles. The van der Waals surface area contributed by atoms with Gasteiger partial charge in [0.2, 0.25) is 0 Å². The van der Waals surface area contributed by atoms with Crippen molar-refractivity contribution in [3.63, 3.8) is 0 Å². The fourth-order valence-electron chi connectivity index (χ4n) is 7.39. The van der Waals surface area contributed by atoms with Crippen LogP contribution in [0.15, 0.2) is 125 Å². The van der Waals surface area contributed by atoms with Crippen LogP contribution in [0.1, 0.15) is 95.2 Å². The Morgan fingerprint density at radius 1 is 1.09 bits per heavy atom. The van der Waals surface area contributed by atoms with Crippen LogP contribution in [0.2, 0.25) is 0 Å². The van der Waals surface area contributed by atoms with Gasteiger partial charge in [-0.25, -0.2) is 0 Å². The van der Waals surface area contributed by atoms with Crippen LogP contribution < -0.4 is 5.32 Å². The largest absolute Gasteiger partial charge is 0.384 e. The monoisotopic (exact) mass is 584 g/mol. The summed E-state index contributed by atoms with van der Waals surface area (Å²) in [4.78, 5) is 2.63. The number of aryl methyl sites for hydroxylation is 1. The van der Waals surface area contributed by atoms with Crippen LogP contribution in [0.5, 0.6) is 0 Å². The van der Waals surface area contributed by atoms with Gasteiger partial charge < -0.3 is 10.2 Å². The summed E-state index contributed by atoms with van der Waals surface area (Å²) in [5.41, 5.74) is 15.5. The summed E-state index contributed by atoms with van der Waals surface area (Å²) in [5.74, 6) is 0.945. The lowest BCUT2D eigenvalue weighted by Crippen LogP contribution is -2.30. The van der Waals surface area contributed by atoms with Crippen LogP contribution in [-0.2, 0) is 0 Å². The zero-order chi connectivity index (χ0) is 31.1. The molecule has 0 fully saturated rings. The van der Waals surface area contributed by atoms with Gasteiger partial charge in [-0.3, -0.25) is 0 Å². The molecule has 0 amide bonds. The molecule has 0 saturated carbocycles. The van der Waals surface area contributed by atoms with Crippen molar-refractivity contribution in [2.24, 2.45) is 5.92 Å². The minimum atomic E-state index is 0.364. The van der Waals surface area contributed by atoms with Crippen LogP contribution in [0.4, 0.5) is 5.69 Å². The minimum Gasteiger partial charge on any atom is -0.384 e. The van der Waals surface area contributed by atoms with Crippen molar-refractivity contribution in [1.29, 1.82) is 0 Å². The Hall–Kier alpha value is -3.78. The number of nitrogens with zero attached hydrogens (tertiary/aromatic N) is 1. The Morgan fingerprint density at radius 2 is 1.89 bits per heavy atom. The molecular weight excluding hydrogens is 532 g/mol. The number of fused-ring (bicyclic) bond motifs is 2. The molecule has 0 saturated heterocycles. The normalized spacial score (nSPS) is 18.7. The summed E-state index contributed by atoms with van der Waals surface area (Å²) in [6.45, 7) is 18.3. The number of para-hydroxylation sites is 1. The topological polar surface area (TPSA) is 15.3 Å². The van der Waals surface area contributed by atoms with Crippen molar-refractivity contribution in [2.45, 2.75) is 85.5 Å².